The molecule has 0 unspecified atom stereocenters. The summed E-state index contributed by atoms with van der Waals surface area (Å²) in [6.07, 6.45) is 1.41. The molecule has 0 aliphatic carbocycles. The molecule has 0 radical (unpaired) electrons. The standard InChI is InChI=1S/C3H3NS3/c4-2-1-3-6-7-5/h1,3,5H. The summed E-state index contributed by atoms with van der Waals surface area (Å²) in [6, 6.07) is 1.85. The monoisotopic (exact) mass is 149 g/mol. The average Bonchev–Trinajstić information content (AvgIpc) is 1.69. The molecule has 1 nitrogen and oxygen atoms in total. The van der Waals surface area contributed by atoms with E-state index in [1.54, 1.807) is 5.41 Å². The molecule has 0 aromatic heterocycles. The molecule has 7 heavy (non-hydrogen) atoms. The minimum atomic E-state index is 1.31. The van der Waals surface area contributed by atoms with Gasteiger partial charge in [-0.05, 0) is 15.2 Å². The highest BCUT2D eigenvalue weighted by Gasteiger charge is 1.68. The third-order valence-electron chi connectivity index (χ3n) is 0.241. The van der Waals surface area contributed by atoms with E-state index in [0.29, 0.717) is 0 Å². The maximum absolute atomic E-state index is 7.91. The van der Waals surface area contributed by atoms with Gasteiger partial charge in [0.25, 0.3) is 0 Å². The van der Waals surface area contributed by atoms with Crippen LogP contribution < -0.4 is 0 Å². The van der Waals surface area contributed by atoms with Crippen molar-refractivity contribution >= 4 is 32.3 Å². The van der Waals surface area contributed by atoms with Gasteiger partial charge in [-0.1, -0.05) is 22.5 Å². The highest BCUT2D eigenvalue weighted by Crippen LogP contribution is 2.25. The Morgan fingerprint density at radius 1 is 1.71 bits per heavy atom. The Morgan fingerprint density at radius 3 is 2.86 bits per heavy atom. The maximum Gasteiger partial charge on any atom is 0.0917 e. The summed E-state index contributed by atoms with van der Waals surface area (Å²) in [5.74, 6) is 0. The van der Waals surface area contributed by atoms with E-state index < -0.39 is 0 Å². The molecule has 0 aromatic carbocycles. The predicted octanol–water partition coefficient (Wildman–Crippen LogP) is 2.25. The molecule has 0 aliphatic heterocycles. The first-order valence-electron chi connectivity index (χ1n) is 1.43. The third-order valence-corrected chi connectivity index (χ3v) is 1.94. The van der Waals surface area contributed by atoms with Crippen LogP contribution in [0.3, 0.4) is 0 Å². The van der Waals surface area contributed by atoms with Crippen molar-refractivity contribution in [2.75, 3.05) is 0 Å². The van der Waals surface area contributed by atoms with Crippen LogP contribution in [0.1, 0.15) is 0 Å². The molecular weight excluding hydrogens is 146 g/mol. The Hall–Kier alpha value is 0.280. The molecule has 0 saturated heterocycles. The third kappa shape index (κ3) is 6.28. The Balaban J connectivity index is 2.97. The van der Waals surface area contributed by atoms with Crippen LogP contribution in [-0.4, -0.2) is 0 Å². The van der Waals surface area contributed by atoms with Gasteiger partial charge in [0.15, 0.2) is 0 Å². The summed E-state index contributed by atoms with van der Waals surface area (Å²) in [5.41, 5.74) is 0. The van der Waals surface area contributed by atoms with Crippen molar-refractivity contribution in [1.82, 2.24) is 0 Å². The number of hydrogen-bond donors (Lipinski definition) is 1. The summed E-state index contributed by atoms with van der Waals surface area (Å²) in [4.78, 5) is 0. The quantitative estimate of drug-likeness (QED) is 0.370. The fourth-order valence-electron chi connectivity index (χ4n) is 0.0831. The molecule has 0 spiro atoms. The Labute approximate surface area is 55.4 Å². The van der Waals surface area contributed by atoms with Crippen molar-refractivity contribution in [3.63, 3.8) is 0 Å². The van der Waals surface area contributed by atoms with Crippen molar-refractivity contribution in [2.24, 2.45) is 0 Å². The van der Waals surface area contributed by atoms with Crippen molar-refractivity contribution in [3.8, 4) is 6.07 Å². The number of allylic oxidation sites excluding steroid dienone is 1. The van der Waals surface area contributed by atoms with E-state index in [2.05, 4.69) is 11.7 Å². The van der Waals surface area contributed by atoms with E-state index in [1.165, 1.54) is 26.7 Å². The summed E-state index contributed by atoms with van der Waals surface area (Å²) in [5, 5.41) is 9.59. The summed E-state index contributed by atoms with van der Waals surface area (Å²) in [7, 11) is 2.73. The van der Waals surface area contributed by atoms with Gasteiger partial charge in [0, 0.05) is 6.08 Å². The number of nitriles is 1. The van der Waals surface area contributed by atoms with Gasteiger partial charge in [-0.3, -0.25) is 0 Å². The van der Waals surface area contributed by atoms with Crippen LogP contribution in [-0.2, 0) is 0 Å². The molecule has 38 valence electrons. The largest absolute Gasteiger partial charge is 0.193 e. The Bertz CT molecular complexity index is 92.8. The van der Waals surface area contributed by atoms with Gasteiger partial charge in [-0.25, -0.2) is 0 Å². The zero-order valence-corrected chi connectivity index (χ0v) is 5.89. The minimum Gasteiger partial charge on any atom is -0.193 e. The number of rotatable bonds is 2. The first-order chi connectivity index (χ1) is 3.41. The van der Waals surface area contributed by atoms with Crippen LogP contribution in [0.25, 0.3) is 0 Å². The molecule has 0 amide bonds. The highest BCUT2D eigenvalue weighted by molar-refractivity contribution is 9.06. The molecule has 0 rings (SSSR count). The van der Waals surface area contributed by atoms with Crippen LogP contribution in [0.5, 0.6) is 0 Å². The summed E-state index contributed by atoms with van der Waals surface area (Å²) < 4.78 is 0. The fraction of sp³-hybridized carbons (Fsp3) is 0. The lowest BCUT2D eigenvalue weighted by molar-refractivity contribution is 1.54. The van der Waals surface area contributed by atoms with E-state index in [9.17, 15) is 0 Å². The first-order valence-corrected chi connectivity index (χ1v) is 4.70. The molecule has 0 saturated carbocycles. The van der Waals surface area contributed by atoms with E-state index in [-0.39, 0.29) is 0 Å². The number of thiol groups is 1. The van der Waals surface area contributed by atoms with Crippen LogP contribution in [0, 0.1) is 11.3 Å². The Morgan fingerprint density at radius 2 is 2.43 bits per heavy atom. The lowest BCUT2D eigenvalue weighted by Crippen LogP contribution is -1.37. The van der Waals surface area contributed by atoms with Crippen molar-refractivity contribution in [3.05, 3.63) is 11.5 Å². The molecule has 0 bridgehead atoms. The molecule has 0 atom stereocenters. The SMILES string of the molecule is N#CC=CSSS. The van der Waals surface area contributed by atoms with Crippen LogP contribution in [0.15, 0.2) is 11.5 Å². The van der Waals surface area contributed by atoms with Gasteiger partial charge in [0.2, 0.25) is 0 Å². The van der Waals surface area contributed by atoms with Crippen molar-refractivity contribution < 1.29 is 0 Å². The maximum atomic E-state index is 7.91. The zero-order chi connectivity index (χ0) is 5.54. The van der Waals surface area contributed by atoms with Crippen molar-refractivity contribution in [1.29, 1.82) is 5.26 Å². The van der Waals surface area contributed by atoms with Crippen LogP contribution in [0.2, 0.25) is 0 Å². The van der Waals surface area contributed by atoms with E-state index in [1.807, 2.05) is 6.07 Å². The van der Waals surface area contributed by atoms with Gasteiger partial charge >= 0.3 is 0 Å². The molecule has 0 aromatic rings. The first kappa shape index (κ1) is 7.28. The number of nitrogens with zero attached hydrogens (tertiary/aromatic N) is 1. The molecule has 0 fully saturated rings. The molecular formula is C3H3NS3. The normalized spacial score (nSPS) is 9.14. The van der Waals surface area contributed by atoms with E-state index in [4.69, 9.17) is 5.26 Å². The molecule has 0 aliphatic rings. The summed E-state index contributed by atoms with van der Waals surface area (Å²) >= 11 is 3.81. The number of hydrogen-bond acceptors (Lipinski definition) is 4. The van der Waals surface area contributed by atoms with Gasteiger partial charge in [0.1, 0.15) is 0 Å². The highest BCUT2D eigenvalue weighted by atomic mass is 33.5. The second-order valence-electron chi connectivity index (χ2n) is 0.603. The van der Waals surface area contributed by atoms with Gasteiger partial charge < -0.3 is 0 Å². The lowest BCUT2D eigenvalue weighted by atomic mass is 10.7. The Kier molecular flexibility index (Phi) is 6.53. The second-order valence-corrected chi connectivity index (χ2v) is 3.58. The predicted molar refractivity (Wildman–Crippen MR) is 38.9 cm³/mol. The molecule has 0 N–H and O–H groups in total. The van der Waals surface area contributed by atoms with Gasteiger partial charge in [-0.2, -0.15) is 5.26 Å². The smallest absolute Gasteiger partial charge is 0.0917 e. The van der Waals surface area contributed by atoms with Gasteiger partial charge in [0.05, 0.1) is 6.07 Å². The van der Waals surface area contributed by atoms with E-state index >= 15 is 0 Å². The van der Waals surface area contributed by atoms with Gasteiger partial charge in [-0.15, -0.1) is 0 Å². The minimum absolute atomic E-state index is 1.31. The average molecular weight is 149 g/mol. The lowest BCUT2D eigenvalue weighted by Gasteiger charge is -1.74. The second kappa shape index (κ2) is 6.28. The van der Waals surface area contributed by atoms with Crippen LogP contribution in [0.4, 0.5) is 0 Å². The molecule has 4 heteroatoms. The summed E-state index contributed by atoms with van der Waals surface area (Å²) in [6.45, 7) is 0. The van der Waals surface area contributed by atoms with Crippen molar-refractivity contribution in [2.45, 2.75) is 0 Å². The molecule has 0 heterocycles. The zero-order valence-electron chi connectivity index (χ0n) is 3.37. The van der Waals surface area contributed by atoms with Crippen LogP contribution >= 0.6 is 32.3 Å². The van der Waals surface area contributed by atoms with E-state index in [0.717, 1.165) is 0 Å². The fourth-order valence-corrected chi connectivity index (χ4v) is 1.01. The topological polar surface area (TPSA) is 23.8 Å².